The number of benzene rings is 4. The van der Waals surface area contributed by atoms with Crippen LogP contribution >= 0.6 is 0 Å². The molecule has 0 unspecified atom stereocenters. The minimum atomic E-state index is -4.95. The monoisotopic (exact) mass is 1020 g/mol. The Morgan fingerprint density at radius 3 is 1.78 bits per heavy atom. The zero-order chi connectivity index (χ0) is 50.2. The highest BCUT2D eigenvalue weighted by molar-refractivity contribution is 7.87. The van der Waals surface area contributed by atoms with Crippen LogP contribution in [0.5, 0.6) is 0 Å². The number of carbonyl (C=O) groups is 1. The largest absolute Gasteiger partial charge is 0.356 e. The van der Waals surface area contributed by atoms with Gasteiger partial charge in [-0.3, -0.25) is 23.0 Å². The molecule has 0 spiro atoms. The number of rotatable bonds is 20. The number of carbonyl (C=O) groups excluding carboxylic acids is 1. The van der Waals surface area contributed by atoms with E-state index in [1.54, 1.807) is 30.4 Å². The van der Waals surface area contributed by atoms with E-state index in [0.717, 1.165) is 49.2 Å². The number of hydrogen-bond donors (Lipinski definition) is 6. The van der Waals surface area contributed by atoms with Gasteiger partial charge in [0.15, 0.2) is 5.71 Å². The van der Waals surface area contributed by atoms with Crippen LogP contribution in [0.25, 0.3) is 21.5 Å². The molecule has 17 nitrogen and oxygen atoms in total. The molecule has 4 aromatic carbocycles. The number of unbranched alkanes of at least 4 members (excludes halogenated alkanes) is 5. The average molecular weight is 1020 g/mol. The summed E-state index contributed by atoms with van der Waals surface area (Å²) in [5.74, 6) is -0.0259. The van der Waals surface area contributed by atoms with Crippen molar-refractivity contribution in [2.24, 2.45) is 5.73 Å². The summed E-state index contributed by atoms with van der Waals surface area (Å²) in [4.78, 5) is 11.8. The van der Waals surface area contributed by atoms with Crippen LogP contribution in [0.1, 0.15) is 97.1 Å². The molecule has 6 rings (SSSR count). The normalized spacial score (nSPS) is 16.8. The Morgan fingerprint density at radius 1 is 0.662 bits per heavy atom. The van der Waals surface area contributed by atoms with Gasteiger partial charge < -0.3 is 16.0 Å². The summed E-state index contributed by atoms with van der Waals surface area (Å²) in [6, 6.07) is 10.2. The van der Waals surface area contributed by atoms with Gasteiger partial charge in [0.25, 0.3) is 40.5 Å². The molecular weight excluding hydrogens is 957 g/mol. The van der Waals surface area contributed by atoms with Crippen molar-refractivity contribution in [2.45, 2.75) is 116 Å². The third-order valence-corrected chi connectivity index (χ3v) is 16.2. The Morgan fingerprint density at radius 2 is 1.22 bits per heavy atom. The number of hydrogen-bond acceptors (Lipinski definition) is 11. The maximum atomic E-state index is 12.6. The Balaban J connectivity index is 1.36. The van der Waals surface area contributed by atoms with E-state index < -0.39 is 70.9 Å². The molecule has 4 aromatic rings. The van der Waals surface area contributed by atoms with Gasteiger partial charge in [0.05, 0.1) is 15.2 Å². The molecule has 0 aliphatic carbocycles. The lowest BCUT2D eigenvalue weighted by Crippen LogP contribution is -2.28. The van der Waals surface area contributed by atoms with Crippen LogP contribution in [-0.2, 0) is 56.1 Å². The third kappa shape index (κ3) is 10.8. The van der Waals surface area contributed by atoms with Crippen LogP contribution < -0.4 is 16.0 Å². The average Bonchev–Trinajstić information content (AvgIpc) is 3.60. The van der Waals surface area contributed by atoms with E-state index in [2.05, 4.69) is 9.89 Å². The molecule has 0 atom stereocenters. The first-order chi connectivity index (χ1) is 31.6. The van der Waals surface area contributed by atoms with Gasteiger partial charge in [-0.05, 0) is 112 Å². The Labute approximate surface area is 398 Å². The number of nitrogens with one attached hydrogen (secondary N) is 1. The molecule has 0 aromatic heterocycles. The summed E-state index contributed by atoms with van der Waals surface area (Å²) in [7, 11) is -19.7. The highest BCUT2D eigenvalue weighted by Crippen LogP contribution is 2.52. The van der Waals surface area contributed by atoms with E-state index >= 15 is 0 Å². The molecule has 0 saturated heterocycles. The van der Waals surface area contributed by atoms with Crippen molar-refractivity contribution in [3.63, 3.8) is 0 Å². The van der Waals surface area contributed by atoms with Crippen molar-refractivity contribution in [3.8, 4) is 0 Å². The van der Waals surface area contributed by atoms with Gasteiger partial charge in [0, 0.05) is 71.2 Å². The predicted molar refractivity (Wildman–Crippen MR) is 261 cm³/mol. The lowest BCUT2D eigenvalue weighted by atomic mass is 9.79. The third-order valence-electron chi connectivity index (χ3n) is 12.7. The molecule has 1 amide bonds. The second-order valence-corrected chi connectivity index (χ2v) is 23.7. The quantitative estimate of drug-likeness (QED) is 0.0218. The lowest BCUT2D eigenvalue weighted by molar-refractivity contribution is -0.438. The first kappa shape index (κ1) is 52.5. The summed E-state index contributed by atoms with van der Waals surface area (Å²) in [5.41, 5.74) is 7.78. The van der Waals surface area contributed by atoms with Crippen LogP contribution in [0.2, 0.25) is 0 Å². The zero-order valence-corrected chi connectivity index (χ0v) is 41.8. The summed E-state index contributed by atoms with van der Waals surface area (Å²) in [6.45, 7) is 11.7. The number of fused-ring (bicyclic) bond motifs is 6. The molecule has 2 aliphatic heterocycles. The van der Waals surface area contributed by atoms with Gasteiger partial charge in [0.2, 0.25) is 11.6 Å². The van der Waals surface area contributed by atoms with Crippen molar-refractivity contribution in [2.75, 3.05) is 31.1 Å². The fraction of sp³-hybridized carbons (Fsp3) is 0.404. The van der Waals surface area contributed by atoms with Crippen LogP contribution in [0, 0.1) is 0 Å². The fourth-order valence-electron chi connectivity index (χ4n) is 9.61. The van der Waals surface area contributed by atoms with Crippen molar-refractivity contribution in [1.82, 2.24) is 5.32 Å². The topological polar surface area (TPSA) is 279 Å². The maximum absolute atomic E-state index is 12.6. The number of anilines is 1. The molecule has 2 aliphatic rings. The predicted octanol–water partition coefficient (Wildman–Crippen LogP) is 7.37. The van der Waals surface area contributed by atoms with Crippen LogP contribution in [0.3, 0.4) is 0 Å². The van der Waals surface area contributed by atoms with E-state index in [9.17, 15) is 56.7 Å². The van der Waals surface area contributed by atoms with Crippen LogP contribution in [-0.4, -0.2) is 94.3 Å². The van der Waals surface area contributed by atoms with E-state index in [1.807, 2.05) is 51.7 Å². The summed E-state index contributed by atoms with van der Waals surface area (Å²) in [5, 5.41) is 3.52. The fourth-order valence-corrected chi connectivity index (χ4v) is 12.3. The van der Waals surface area contributed by atoms with E-state index in [1.165, 1.54) is 24.3 Å². The first-order valence-electron chi connectivity index (χ1n) is 22.2. The van der Waals surface area contributed by atoms with Gasteiger partial charge in [-0.2, -0.15) is 38.2 Å². The molecule has 0 saturated carbocycles. The standard InChI is InChI=1S/C47H58N4O13S4/c1-6-50-37-22-20-33-35(27-31(65(53,54)55)29-39(33)67(59,60)61)44(37)46(2,3)41(50)17-11-9-12-18-42-47(4,5)45-36-28-32(66(56,57)58)30-40(68(62,63)64)34(36)21-23-38(45)51(42)26-16-10-13-19-43(52)49-25-15-8-7-14-24-48/h9,11-12,17-18,20-23,27-30H,6-8,10,13-16,19,24-26,48H2,1-5H3,(H4-,49,52,53,54,55,56,57,58,59,60,61,62,63,64)/p+1. The molecule has 0 radical (unpaired) electrons. The number of amides is 1. The SMILES string of the molecule is CCN1/C(=C/C=C/C=C/C2=[N+](CCCCCC(=O)NCCCCCCN)c3ccc4c(S(=O)(=O)O)cc(S(=O)(=O)O)cc4c3C2(C)C)C(C)(C)c2c1ccc1c(S(=O)(=O)O)cc(S(=O)(=O)O)cc21. The maximum Gasteiger partial charge on any atom is 0.295 e. The number of allylic oxidation sites excluding steroid dienone is 6. The summed E-state index contributed by atoms with van der Waals surface area (Å²) < 4.78 is 142. The van der Waals surface area contributed by atoms with Gasteiger partial charge in [-0.25, -0.2) is 0 Å². The lowest BCUT2D eigenvalue weighted by Gasteiger charge is -2.26. The molecule has 21 heteroatoms. The number of nitrogens with zero attached hydrogens (tertiary/aromatic N) is 2. The molecule has 368 valence electrons. The minimum absolute atomic E-state index is 0.0259. The van der Waals surface area contributed by atoms with E-state index in [4.69, 9.17) is 5.73 Å². The summed E-state index contributed by atoms with van der Waals surface area (Å²) >= 11 is 0. The van der Waals surface area contributed by atoms with Gasteiger partial charge in [0.1, 0.15) is 16.3 Å². The zero-order valence-electron chi connectivity index (χ0n) is 38.6. The number of likely N-dealkylation sites (N-methyl/N-ethyl adjacent to an activating group) is 1. The van der Waals surface area contributed by atoms with Gasteiger partial charge in [-0.15, -0.1) is 0 Å². The molecule has 2 heterocycles. The highest BCUT2D eigenvalue weighted by atomic mass is 32.2. The van der Waals surface area contributed by atoms with Crippen LogP contribution in [0.4, 0.5) is 11.4 Å². The van der Waals surface area contributed by atoms with E-state index in [-0.39, 0.29) is 27.5 Å². The van der Waals surface area contributed by atoms with Crippen molar-refractivity contribution < 1.29 is 61.3 Å². The molecule has 68 heavy (non-hydrogen) atoms. The van der Waals surface area contributed by atoms with Crippen molar-refractivity contribution in [3.05, 3.63) is 95.7 Å². The second-order valence-electron chi connectivity index (χ2n) is 18.0. The van der Waals surface area contributed by atoms with E-state index in [0.29, 0.717) is 74.4 Å². The number of nitrogens with two attached hydrogens (primary N) is 1. The van der Waals surface area contributed by atoms with Gasteiger partial charge >= 0.3 is 0 Å². The Hall–Kier alpha value is -4.84. The highest BCUT2D eigenvalue weighted by Gasteiger charge is 2.46. The molecule has 0 bridgehead atoms. The van der Waals surface area contributed by atoms with Crippen molar-refractivity contribution >= 4 is 85.0 Å². The molecular formula is C47H59N4O13S4+. The summed E-state index contributed by atoms with van der Waals surface area (Å²) in [6.07, 6.45) is 15.3. The Bertz CT molecular complexity index is 3270. The second kappa shape index (κ2) is 19.9. The minimum Gasteiger partial charge on any atom is -0.356 e. The van der Waals surface area contributed by atoms with Crippen molar-refractivity contribution in [1.29, 1.82) is 0 Å². The molecule has 0 fully saturated rings. The van der Waals surface area contributed by atoms with Gasteiger partial charge in [-0.1, -0.05) is 51.0 Å². The van der Waals surface area contributed by atoms with Crippen LogP contribution in [0.15, 0.2) is 104 Å². The smallest absolute Gasteiger partial charge is 0.295 e. The molecule has 7 N–H and O–H groups in total. The Kier molecular flexibility index (Phi) is 15.4. The first-order valence-corrected chi connectivity index (χ1v) is 28.0.